The largest absolute Gasteiger partial charge is 0.495 e. The Hall–Kier alpha value is -2.98. The minimum absolute atomic E-state index is 0.0154. The van der Waals surface area contributed by atoms with E-state index in [-0.39, 0.29) is 11.0 Å². The minimum atomic E-state index is 0.0154. The smallest absolute Gasteiger partial charge is 0.142 e. The number of rotatable bonds is 3. The Labute approximate surface area is 143 Å². The van der Waals surface area contributed by atoms with Crippen LogP contribution in [0, 0.1) is 28.1 Å². The molecule has 24 heavy (non-hydrogen) atoms. The van der Waals surface area contributed by atoms with E-state index in [0.29, 0.717) is 11.4 Å². The van der Waals surface area contributed by atoms with Gasteiger partial charge in [-0.05, 0) is 47.1 Å². The summed E-state index contributed by atoms with van der Waals surface area (Å²) in [4.78, 5) is 0. The first-order valence-electron chi connectivity index (χ1n) is 7.74. The highest BCUT2D eigenvalue weighted by atomic mass is 16.5. The average molecular weight is 319 g/mol. The van der Waals surface area contributed by atoms with Gasteiger partial charge >= 0.3 is 0 Å². The maximum absolute atomic E-state index is 9.12. The van der Waals surface area contributed by atoms with Gasteiger partial charge in [-0.2, -0.15) is 10.5 Å². The molecule has 0 spiro atoms. The Morgan fingerprint density at radius 2 is 1.92 bits per heavy atom. The van der Waals surface area contributed by atoms with Gasteiger partial charge in [0.25, 0.3) is 0 Å². The number of nitrogen functional groups attached to an aromatic ring is 1. The molecule has 2 N–H and O–H groups in total. The molecule has 0 heterocycles. The molecule has 0 fully saturated rings. The van der Waals surface area contributed by atoms with E-state index in [9.17, 15) is 0 Å². The molecule has 0 aromatic heterocycles. The van der Waals surface area contributed by atoms with Crippen molar-refractivity contribution in [2.45, 2.75) is 26.7 Å². The lowest BCUT2D eigenvalue weighted by molar-refractivity contribution is 0.354. The molecule has 0 aliphatic heterocycles. The van der Waals surface area contributed by atoms with Crippen LogP contribution in [0.1, 0.15) is 32.3 Å². The Balaban J connectivity index is 2.36. The number of nitrogens with two attached hydrogens (primary N) is 1. The summed E-state index contributed by atoms with van der Waals surface area (Å²) in [5.74, 6) is 0.645. The zero-order valence-electron chi connectivity index (χ0n) is 14.3. The molecule has 1 aromatic carbocycles. The van der Waals surface area contributed by atoms with Crippen molar-refractivity contribution in [1.82, 2.24) is 0 Å². The summed E-state index contributed by atoms with van der Waals surface area (Å²) in [6.45, 7) is 4.29. The van der Waals surface area contributed by atoms with Crippen LogP contribution in [-0.4, -0.2) is 7.11 Å². The monoisotopic (exact) mass is 319 g/mol. The fourth-order valence-corrected chi connectivity index (χ4v) is 2.93. The van der Waals surface area contributed by atoms with Crippen molar-refractivity contribution in [2.75, 3.05) is 12.8 Å². The summed E-state index contributed by atoms with van der Waals surface area (Å²) >= 11 is 0. The second kappa shape index (κ2) is 7.06. The van der Waals surface area contributed by atoms with Crippen molar-refractivity contribution in [2.24, 2.45) is 5.41 Å². The van der Waals surface area contributed by atoms with Gasteiger partial charge in [0.15, 0.2) is 0 Å². The van der Waals surface area contributed by atoms with E-state index in [1.165, 1.54) is 0 Å². The van der Waals surface area contributed by atoms with Crippen molar-refractivity contribution in [3.05, 3.63) is 52.6 Å². The van der Waals surface area contributed by atoms with Crippen LogP contribution in [0.5, 0.6) is 5.75 Å². The zero-order chi connectivity index (χ0) is 17.7. The van der Waals surface area contributed by atoms with Crippen LogP contribution < -0.4 is 10.5 Å². The highest BCUT2D eigenvalue weighted by molar-refractivity contribution is 5.63. The molecule has 0 atom stereocenters. The lowest BCUT2D eigenvalue weighted by atomic mass is 9.74. The number of ether oxygens (including phenoxy) is 1. The predicted molar refractivity (Wildman–Crippen MR) is 95.8 cm³/mol. The molecule has 0 saturated carbocycles. The van der Waals surface area contributed by atoms with Gasteiger partial charge in [-0.25, -0.2) is 0 Å². The highest BCUT2D eigenvalue weighted by Gasteiger charge is 2.26. The Bertz CT molecular complexity index is 798. The van der Waals surface area contributed by atoms with Gasteiger partial charge in [0.2, 0.25) is 0 Å². The molecule has 4 nitrogen and oxygen atoms in total. The van der Waals surface area contributed by atoms with Gasteiger partial charge in [0.05, 0.1) is 12.8 Å². The SMILES string of the molecule is COc1cc(C=CC2=CC(=C(C#N)C#N)CC(C)(C)C2)ccc1N. The van der Waals surface area contributed by atoms with Crippen LogP contribution in [0.2, 0.25) is 0 Å². The Morgan fingerprint density at radius 1 is 1.21 bits per heavy atom. The summed E-state index contributed by atoms with van der Waals surface area (Å²) in [5.41, 5.74) is 9.53. The molecule has 1 aromatic rings. The van der Waals surface area contributed by atoms with Crippen LogP contribution in [0.3, 0.4) is 0 Å². The number of hydrogen-bond acceptors (Lipinski definition) is 4. The molecule has 0 amide bonds. The fraction of sp³-hybridized carbons (Fsp3) is 0.300. The highest BCUT2D eigenvalue weighted by Crippen LogP contribution is 2.39. The van der Waals surface area contributed by atoms with Crippen molar-refractivity contribution < 1.29 is 4.74 Å². The lowest BCUT2D eigenvalue weighted by Crippen LogP contribution is -2.17. The normalized spacial score (nSPS) is 16.2. The van der Waals surface area contributed by atoms with E-state index in [2.05, 4.69) is 13.8 Å². The summed E-state index contributed by atoms with van der Waals surface area (Å²) in [6.07, 6.45) is 7.60. The van der Waals surface area contributed by atoms with Crippen molar-refractivity contribution in [1.29, 1.82) is 10.5 Å². The number of nitrogens with zero attached hydrogens (tertiary/aromatic N) is 2. The number of hydrogen-bond donors (Lipinski definition) is 1. The summed E-state index contributed by atoms with van der Waals surface area (Å²) < 4.78 is 5.24. The van der Waals surface area contributed by atoms with E-state index < -0.39 is 0 Å². The lowest BCUT2D eigenvalue weighted by Gasteiger charge is -2.30. The summed E-state index contributed by atoms with van der Waals surface area (Å²) in [5, 5.41) is 18.2. The molecular weight excluding hydrogens is 298 g/mol. The number of anilines is 1. The van der Waals surface area contributed by atoms with Crippen LogP contribution in [0.25, 0.3) is 6.08 Å². The summed E-state index contributed by atoms with van der Waals surface area (Å²) in [7, 11) is 1.59. The maximum atomic E-state index is 9.12. The second-order valence-corrected chi connectivity index (χ2v) is 6.70. The third kappa shape index (κ3) is 4.06. The third-order valence-corrected chi connectivity index (χ3v) is 4.00. The molecule has 0 saturated heterocycles. The van der Waals surface area contributed by atoms with E-state index in [1.54, 1.807) is 7.11 Å². The maximum Gasteiger partial charge on any atom is 0.142 e. The van der Waals surface area contributed by atoms with Gasteiger partial charge < -0.3 is 10.5 Å². The van der Waals surface area contributed by atoms with E-state index in [4.69, 9.17) is 21.0 Å². The molecule has 2 rings (SSSR count). The Morgan fingerprint density at radius 3 is 2.54 bits per heavy atom. The first-order chi connectivity index (χ1) is 11.4. The number of methoxy groups -OCH3 is 1. The molecule has 0 radical (unpaired) electrons. The first-order valence-corrected chi connectivity index (χ1v) is 7.74. The molecule has 0 bridgehead atoms. The average Bonchev–Trinajstić information content (AvgIpc) is 2.54. The molecule has 0 unspecified atom stereocenters. The van der Waals surface area contributed by atoms with Crippen LogP contribution >= 0.6 is 0 Å². The van der Waals surface area contributed by atoms with Gasteiger partial charge in [-0.3, -0.25) is 0 Å². The van der Waals surface area contributed by atoms with Crippen molar-refractivity contribution in [3.63, 3.8) is 0 Å². The van der Waals surface area contributed by atoms with E-state index in [1.807, 2.05) is 48.6 Å². The number of nitriles is 2. The third-order valence-electron chi connectivity index (χ3n) is 4.00. The van der Waals surface area contributed by atoms with Crippen molar-refractivity contribution in [3.8, 4) is 17.9 Å². The molecule has 1 aliphatic rings. The predicted octanol–water partition coefficient (Wildman–Crippen LogP) is 4.38. The quantitative estimate of drug-likeness (QED) is 0.662. The molecule has 4 heteroatoms. The number of benzene rings is 1. The van der Waals surface area contributed by atoms with E-state index in [0.717, 1.165) is 29.6 Å². The topological polar surface area (TPSA) is 82.8 Å². The zero-order valence-corrected chi connectivity index (χ0v) is 14.3. The van der Waals surface area contributed by atoms with Crippen LogP contribution in [-0.2, 0) is 0 Å². The van der Waals surface area contributed by atoms with Crippen molar-refractivity contribution >= 4 is 11.8 Å². The molecular formula is C20H21N3O. The van der Waals surface area contributed by atoms with Crippen LogP contribution in [0.4, 0.5) is 5.69 Å². The molecule has 1 aliphatic carbocycles. The van der Waals surface area contributed by atoms with Gasteiger partial charge in [-0.15, -0.1) is 0 Å². The number of allylic oxidation sites excluding steroid dienone is 5. The van der Waals surface area contributed by atoms with Gasteiger partial charge in [0, 0.05) is 0 Å². The minimum Gasteiger partial charge on any atom is -0.495 e. The summed E-state index contributed by atoms with van der Waals surface area (Å²) in [6, 6.07) is 9.61. The van der Waals surface area contributed by atoms with E-state index >= 15 is 0 Å². The Kier molecular flexibility index (Phi) is 5.11. The first kappa shape index (κ1) is 17.4. The fourth-order valence-electron chi connectivity index (χ4n) is 2.93. The van der Waals surface area contributed by atoms with Gasteiger partial charge in [0.1, 0.15) is 23.5 Å². The molecule has 122 valence electrons. The van der Waals surface area contributed by atoms with Crippen LogP contribution in [0.15, 0.2) is 47.1 Å². The second-order valence-electron chi connectivity index (χ2n) is 6.70. The van der Waals surface area contributed by atoms with Gasteiger partial charge in [-0.1, -0.05) is 38.1 Å². The standard InChI is InChI=1S/C20H21N3O/c1-20(2)10-15(8-16(11-20)17(12-21)13-22)5-4-14-6-7-18(23)19(9-14)24-3/h4-9H,10-11,23H2,1-3H3.